The highest BCUT2D eigenvalue weighted by molar-refractivity contribution is 9.10. The topological polar surface area (TPSA) is 49.9 Å². The Morgan fingerprint density at radius 1 is 1.24 bits per heavy atom. The van der Waals surface area contributed by atoms with Gasteiger partial charge in [0.15, 0.2) is 0 Å². The molecule has 1 fully saturated rings. The highest BCUT2D eigenvalue weighted by atomic mass is 79.9. The van der Waals surface area contributed by atoms with Crippen molar-refractivity contribution in [1.82, 2.24) is 9.80 Å². The van der Waals surface area contributed by atoms with E-state index < -0.39 is 5.82 Å². The fraction of sp³-hybridized carbons (Fsp3) is 0.429. The molecule has 0 N–H and O–H groups in total. The number of halogens is 2. The smallest absolute Gasteiger partial charge is 0.256 e. The molecule has 1 aromatic rings. The third-order valence-corrected chi connectivity index (χ3v) is 3.84. The van der Waals surface area contributed by atoms with Crippen molar-refractivity contribution >= 4 is 27.7 Å². The van der Waals surface area contributed by atoms with Gasteiger partial charge in [-0.1, -0.05) is 15.9 Å². The zero-order valence-corrected chi connectivity index (χ0v) is 13.2. The summed E-state index contributed by atoms with van der Waals surface area (Å²) >= 11 is 3.16. The van der Waals surface area contributed by atoms with Gasteiger partial charge in [0, 0.05) is 37.8 Å². The molecule has 1 saturated heterocycles. The maximum absolute atomic E-state index is 13.8. The summed E-state index contributed by atoms with van der Waals surface area (Å²) in [4.78, 5) is 27.1. The summed E-state index contributed by atoms with van der Waals surface area (Å²) in [7, 11) is 1.47. The highest BCUT2D eigenvalue weighted by Crippen LogP contribution is 2.17. The van der Waals surface area contributed by atoms with Gasteiger partial charge >= 0.3 is 0 Å². The molecule has 1 heterocycles. The third kappa shape index (κ3) is 3.79. The first-order valence-corrected chi connectivity index (χ1v) is 7.33. The van der Waals surface area contributed by atoms with E-state index in [1.807, 2.05) is 0 Å². The van der Waals surface area contributed by atoms with Crippen molar-refractivity contribution in [2.45, 2.75) is 0 Å². The van der Waals surface area contributed by atoms with Crippen LogP contribution in [0.2, 0.25) is 0 Å². The number of ether oxygens (including phenoxy) is 1. The molecule has 114 valence electrons. The molecule has 0 spiro atoms. The standard InChI is InChI=1S/C14H16BrFN2O3/c1-21-9-13(19)17-4-6-18(7-5-17)14(20)11-3-2-10(15)8-12(11)16/h2-3,8H,4-7,9H2,1H3. The number of hydrogen-bond acceptors (Lipinski definition) is 3. The molecule has 1 aliphatic rings. The molecule has 1 aliphatic heterocycles. The molecule has 5 nitrogen and oxygen atoms in total. The maximum atomic E-state index is 13.8. The Morgan fingerprint density at radius 2 is 1.86 bits per heavy atom. The normalized spacial score (nSPS) is 15.2. The fourth-order valence-electron chi connectivity index (χ4n) is 2.21. The molecule has 0 atom stereocenters. The fourth-order valence-corrected chi connectivity index (χ4v) is 2.54. The monoisotopic (exact) mass is 358 g/mol. The minimum Gasteiger partial charge on any atom is -0.375 e. The van der Waals surface area contributed by atoms with E-state index >= 15 is 0 Å². The van der Waals surface area contributed by atoms with Gasteiger partial charge in [-0.2, -0.15) is 0 Å². The minimum atomic E-state index is -0.549. The van der Waals surface area contributed by atoms with Crippen LogP contribution in [0.25, 0.3) is 0 Å². The van der Waals surface area contributed by atoms with E-state index in [0.717, 1.165) is 0 Å². The molecule has 0 bridgehead atoms. The molecule has 2 rings (SSSR count). The maximum Gasteiger partial charge on any atom is 0.256 e. The Kier molecular flexibility index (Phi) is 5.30. The SMILES string of the molecule is COCC(=O)N1CCN(C(=O)c2ccc(Br)cc2F)CC1. The van der Waals surface area contributed by atoms with E-state index in [2.05, 4.69) is 15.9 Å². The Hall–Kier alpha value is -1.47. The van der Waals surface area contributed by atoms with Crippen molar-refractivity contribution in [2.24, 2.45) is 0 Å². The Morgan fingerprint density at radius 3 is 2.43 bits per heavy atom. The molecule has 1 aromatic carbocycles. The van der Waals surface area contributed by atoms with Crippen molar-refractivity contribution in [3.05, 3.63) is 34.1 Å². The molecule has 2 amide bonds. The average Bonchev–Trinajstić information content (AvgIpc) is 2.47. The van der Waals surface area contributed by atoms with Crippen molar-refractivity contribution in [2.75, 3.05) is 39.9 Å². The van der Waals surface area contributed by atoms with E-state index in [9.17, 15) is 14.0 Å². The van der Waals surface area contributed by atoms with Crippen LogP contribution in [0, 0.1) is 5.82 Å². The number of nitrogens with zero attached hydrogens (tertiary/aromatic N) is 2. The first kappa shape index (κ1) is 15.9. The van der Waals surface area contributed by atoms with Gasteiger partial charge in [-0.3, -0.25) is 9.59 Å². The van der Waals surface area contributed by atoms with E-state index in [1.54, 1.807) is 15.9 Å². The summed E-state index contributed by atoms with van der Waals surface area (Å²) in [5.74, 6) is -0.995. The van der Waals surface area contributed by atoms with Crippen LogP contribution in [0.15, 0.2) is 22.7 Å². The van der Waals surface area contributed by atoms with Crippen molar-refractivity contribution in [1.29, 1.82) is 0 Å². The lowest BCUT2D eigenvalue weighted by Gasteiger charge is -2.34. The molecule has 21 heavy (non-hydrogen) atoms. The van der Waals surface area contributed by atoms with Crippen LogP contribution in [0.1, 0.15) is 10.4 Å². The van der Waals surface area contributed by atoms with Crippen molar-refractivity contribution < 1.29 is 18.7 Å². The quantitative estimate of drug-likeness (QED) is 0.822. The molecule has 0 radical (unpaired) electrons. The van der Waals surface area contributed by atoms with Crippen LogP contribution in [0.4, 0.5) is 4.39 Å². The van der Waals surface area contributed by atoms with Gasteiger partial charge in [-0.25, -0.2) is 4.39 Å². The van der Waals surface area contributed by atoms with E-state index in [4.69, 9.17) is 4.74 Å². The minimum absolute atomic E-state index is 0.0370. The number of amides is 2. The summed E-state index contributed by atoms with van der Waals surface area (Å²) in [5.41, 5.74) is 0.0508. The van der Waals surface area contributed by atoms with E-state index in [1.165, 1.54) is 19.2 Å². The third-order valence-electron chi connectivity index (χ3n) is 3.35. The van der Waals surface area contributed by atoms with Gasteiger partial charge in [0.05, 0.1) is 5.56 Å². The van der Waals surface area contributed by atoms with Crippen LogP contribution in [-0.2, 0) is 9.53 Å². The molecule has 7 heteroatoms. The Bertz CT molecular complexity index is 545. The van der Waals surface area contributed by atoms with Crippen LogP contribution in [-0.4, -0.2) is 61.5 Å². The van der Waals surface area contributed by atoms with Gasteiger partial charge < -0.3 is 14.5 Å². The zero-order valence-electron chi connectivity index (χ0n) is 11.6. The first-order valence-electron chi connectivity index (χ1n) is 6.54. The van der Waals surface area contributed by atoms with Crippen LogP contribution in [0.3, 0.4) is 0 Å². The van der Waals surface area contributed by atoms with Crippen LogP contribution >= 0.6 is 15.9 Å². The number of carbonyl (C=O) groups excluding carboxylic acids is 2. The van der Waals surface area contributed by atoms with Gasteiger partial charge in [-0.05, 0) is 18.2 Å². The van der Waals surface area contributed by atoms with Crippen molar-refractivity contribution in [3.8, 4) is 0 Å². The molecule has 0 aromatic heterocycles. The number of methoxy groups -OCH3 is 1. The van der Waals surface area contributed by atoms with Crippen LogP contribution < -0.4 is 0 Å². The summed E-state index contributed by atoms with van der Waals surface area (Å²) in [6.07, 6.45) is 0. The second-order valence-corrected chi connectivity index (χ2v) is 5.65. The number of hydrogen-bond donors (Lipinski definition) is 0. The van der Waals surface area contributed by atoms with Gasteiger partial charge in [0.2, 0.25) is 5.91 Å². The highest BCUT2D eigenvalue weighted by Gasteiger charge is 2.26. The van der Waals surface area contributed by atoms with E-state index in [-0.39, 0.29) is 24.0 Å². The number of carbonyl (C=O) groups is 2. The number of benzene rings is 1. The second-order valence-electron chi connectivity index (χ2n) is 4.73. The predicted molar refractivity (Wildman–Crippen MR) is 78.5 cm³/mol. The summed E-state index contributed by atoms with van der Waals surface area (Å²) < 4.78 is 19.2. The van der Waals surface area contributed by atoms with Crippen molar-refractivity contribution in [3.63, 3.8) is 0 Å². The zero-order chi connectivity index (χ0) is 15.4. The summed E-state index contributed by atoms with van der Waals surface area (Å²) in [6.45, 7) is 1.70. The summed E-state index contributed by atoms with van der Waals surface area (Å²) in [6, 6.07) is 4.37. The number of rotatable bonds is 3. The lowest BCUT2D eigenvalue weighted by molar-refractivity contribution is -0.136. The number of piperazine rings is 1. The largest absolute Gasteiger partial charge is 0.375 e. The predicted octanol–water partition coefficient (Wildman–Crippen LogP) is 1.52. The molecular weight excluding hydrogens is 343 g/mol. The molecule has 0 aliphatic carbocycles. The lowest BCUT2D eigenvalue weighted by atomic mass is 10.1. The lowest BCUT2D eigenvalue weighted by Crippen LogP contribution is -2.51. The molecule has 0 unspecified atom stereocenters. The van der Waals surface area contributed by atoms with Crippen LogP contribution in [0.5, 0.6) is 0 Å². The van der Waals surface area contributed by atoms with E-state index in [0.29, 0.717) is 30.7 Å². The molecular formula is C14H16BrFN2O3. The van der Waals surface area contributed by atoms with Gasteiger partial charge in [-0.15, -0.1) is 0 Å². The van der Waals surface area contributed by atoms with Gasteiger partial charge in [0.1, 0.15) is 12.4 Å². The average molecular weight is 359 g/mol. The first-order chi connectivity index (χ1) is 10.0. The molecule has 0 saturated carbocycles. The van der Waals surface area contributed by atoms with Gasteiger partial charge in [0.25, 0.3) is 5.91 Å². The summed E-state index contributed by atoms with van der Waals surface area (Å²) in [5, 5.41) is 0. The Labute approximate surface area is 130 Å². The Balaban J connectivity index is 1.98. The second kappa shape index (κ2) is 7.00.